The molecule has 6 nitrogen and oxygen atoms in total. The predicted octanol–water partition coefficient (Wildman–Crippen LogP) is 1.23. The normalized spacial score (nSPS) is 18.6. The molecule has 0 unspecified atom stereocenters. The summed E-state index contributed by atoms with van der Waals surface area (Å²) >= 11 is 0. The van der Waals surface area contributed by atoms with Gasteiger partial charge in [0.1, 0.15) is 5.82 Å². The molecule has 1 fully saturated rings. The lowest BCUT2D eigenvalue weighted by atomic mass is 9.81. The van der Waals surface area contributed by atoms with Gasteiger partial charge in [-0.15, -0.1) is 10.2 Å². The van der Waals surface area contributed by atoms with Crippen molar-refractivity contribution in [3.8, 4) is 0 Å². The second kappa shape index (κ2) is 4.77. The summed E-state index contributed by atoms with van der Waals surface area (Å²) in [6.45, 7) is 7.39. The average Bonchev–Trinajstić information content (AvgIpc) is 2.80. The van der Waals surface area contributed by atoms with E-state index >= 15 is 0 Å². The lowest BCUT2D eigenvalue weighted by Crippen LogP contribution is -2.39. The average molecular weight is 260 g/mol. The Morgan fingerprint density at radius 1 is 1.37 bits per heavy atom. The van der Waals surface area contributed by atoms with Gasteiger partial charge in [-0.2, -0.15) is 0 Å². The van der Waals surface area contributed by atoms with E-state index in [-0.39, 0.29) is 0 Å². The second-order valence-electron chi connectivity index (χ2n) is 5.63. The maximum atomic E-state index is 4.39. The second-order valence-corrected chi connectivity index (χ2v) is 5.63. The van der Waals surface area contributed by atoms with E-state index in [2.05, 4.69) is 32.7 Å². The van der Waals surface area contributed by atoms with Crippen LogP contribution in [0.2, 0.25) is 0 Å². The van der Waals surface area contributed by atoms with Crippen molar-refractivity contribution >= 4 is 11.5 Å². The molecule has 0 radical (unpaired) electrons. The number of nitrogens with zero attached hydrogens (tertiary/aromatic N) is 4. The van der Waals surface area contributed by atoms with Gasteiger partial charge in [-0.1, -0.05) is 6.92 Å². The minimum atomic E-state index is 0.328. The third kappa shape index (κ3) is 2.40. The van der Waals surface area contributed by atoms with Crippen LogP contribution in [0, 0.1) is 12.3 Å². The van der Waals surface area contributed by atoms with Crippen LogP contribution in [0.25, 0.3) is 5.65 Å². The van der Waals surface area contributed by atoms with Crippen LogP contribution < -0.4 is 10.6 Å². The van der Waals surface area contributed by atoms with Crippen molar-refractivity contribution < 1.29 is 0 Å². The standard InChI is InChI=1S/C13H20N6/c1-10-17-18-12-11(15-7-8-19(10)12)16-9-13(2)3-5-14-6-4-13/h7-8,14H,3-6,9H2,1-2H3,(H,15,16). The molecule has 1 aliphatic heterocycles. The predicted molar refractivity (Wildman–Crippen MR) is 74.2 cm³/mol. The number of aromatic nitrogens is 4. The third-order valence-corrected chi connectivity index (χ3v) is 3.99. The smallest absolute Gasteiger partial charge is 0.203 e. The van der Waals surface area contributed by atoms with Gasteiger partial charge in [0.2, 0.25) is 5.65 Å². The van der Waals surface area contributed by atoms with E-state index in [1.807, 2.05) is 17.5 Å². The first-order chi connectivity index (χ1) is 9.18. The molecule has 1 aliphatic rings. The molecule has 6 heteroatoms. The van der Waals surface area contributed by atoms with Crippen LogP contribution in [-0.4, -0.2) is 39.2 Å². The lowest BCUT2D eigenvalue weighted by molar-refractivity contribution is 0.247. The molecule has 0 bridgehead atoms. The molecule has 1 saturated heterocycles. The van der Waals surface area contributed by atoms with Gasteiger partial charge in [0.05, 0.1) is 0 Å². The van der Waals surface area contributed by atoms with E-state index < -0.39 is 0 Å². The first kappa shape index (κ1) is 12.3. The summed E-state index contributed by atoms with van der Waals surface area (Å²) in [7, 11) is 0. The zero-order valence-corrected chi connectivity index (χ0v) is 11.5. The monoisotopic (exact) mass is 260 g/mol. The highest BCUT2D eigenvalue weighted by Gasteiger charge is 2.26. The van der Waals surface area contributed by atoms with Crippen LogP contribution in [0.3, 0.4) is 0 Å². The quantitative estimate of drug-likeness (QED) is 0.869. The van der Waals surface area contributed by atoms with Gasteiger partial charge in [0, 0.05) is 18.9 Å². The fourth-order valence-corrected chi connectivity index (χ4v) is 2.57. The van der Waals surface area contributed by atoms with Crippen molar-refractivity contribution in [2.45, 2.75) is 26.7 Å². The molecular weight excluding hydrogens is 240 g/mol. The van der Waals surface area contributed by atoms with Gasteiger partial charge in [0.15, 0.2) is 5.82 Å². The molecule has 3 heterocycles. The number of nitrogens with one attached hydrogen (secondary N) is 2. The Hall–Kier alpha value is -1.69. The molecule has 19 heavy (non-hydrogen) atoms. The van der Waals surface area contributed by atoms with Gasteiger partial charge in [0.25, 0.3) is 0 Å². The van der Waals surface area contributed by atoms with Gasteiger partial charge in [-0.3, -0.25) is 4.40 Å². The number of fused-ring (bicyclic) bond motifs is 1. The Morgan fingerprint density at radius 2 is 2.16 bits per heavy atom. The van der Waals surface area contributed by atoms with Gasteiger partial charge in [-0.25, -0.2) is 4.98 Å². The fourth-order valence-electron chi connectivity index (χ4n) is 2.57. The first-order valence-electron chi connectivity index (χ1n) is 6.79. The summed E-state index contributed by atoms with van der Waals surface area (Å²) in [6, 6.07) is 0. The number of aryl methyl sites for hydroxylation is 1. The Bertz CT molecular complexity index is 570. The van der Waals surface area contributed by atoms with Crippen molar-refractivity contribution in [2.24, 2.45) is 5.41 Å². The molecule has 0 spiro atoms. The zero-order chi connectivity index (χ0) is 13.3. The van der Waals surface area contributed by atoms with E-state index in [0.717, 1.165) is 36.9 Å². The molecule has 0 saturated carbocycles. The maximum Gasteiger partial charge on any atom is 0.203 e. The summed E-state index contributed by atoms with van der Waals surface area (Å²) in [5, 5.41) is 15.1. The van der Waals surface area contributed by atoms with Crippen LogP contribution in [0.4, 0.5) is 5.82 Å². The Labute approximate surface area is 112 Å². The van der Waals surface area contributed by atoms with Crippen molar-refractivity contribution in [2.75, 3.05) is 25.0 Å². The molecular formula is C13H20N6. The molecule has 0 amide bonds. The van der Waals surface area contributed by atoms with Crippen molar-refractivity contribution in [1.82, 2.24) is 24.9 Å². The van der Waals surface area contributed by atoms with Gasteiger partial charge in [-0.05, 0) is 38.3 Å². The molecule has 2 aromatic rings. The fraction of sp³-hybridized carbons (Fsp3) is 0.615. The van der Waals surface area contributed by atoms with Gasteiger partial charge < -0.3 is 10.6 Å². The highest BCUT2D eigenvalue weighted by Crippen LogP contribution is 2.28. The minimum absolute atomic E-state index is 0.328. The highest BCUT2D eigenvalue weighted by atomic mass is 15.3. The molecule has 2 aromatic heterocycles. The topological polar surface area (TPSA) is 67.1 Å². The lowest BCUT2D eigenvalue weighted by Gasteiger charge is -2.34. The van der Waals surface area contributed by atoms with Crippen LogP contribution in [0.1, 0.15) is 25.6 Å². The largest absolute Gasteiger partial charge is 0.366 e. The van der Waals surface area contributed by atoms with E-state index in [1.54, 1.807) is 6.20 Å². The maximum absolute atomic E-state index is 4.39. The van der Waals surface area contributed by atoms with Crippen molar-refractivity contribution in [1.29, 1.82) is 0 Å². The summed E-state index contributed by atoms with van der Waals surface area (Å²) in [4.78, 5) is 4.39. The van der Waals surface area contributed by atoms with Gasteiger partial charge >= 0.3 is 0 Å². The molecule has 2 N–H and O–H groups in total. The number of hydrogen-bond acceptors (Lipinski definition) is 5. The van der Waals surface area contributed by atoms with E-state index in [4.69, 9.17) is 0 Å². The van der Waals surface area contributed by atoms with Crippen molar-refractivity contribution in [3.05, 3.63) is 18.2 Å². The molecule has 0 aromatic carbocycles. The number of piperidine rings is 1. The van der Waals surface area contributed by atoms with Crippen LogP contribution in [0.5, 0.6) is 0 Å². The molecule has 0 atom stereocenters. The minimum Gasteiger partial charge on any atom is -0.366 e. The molecule has 3 rings (SSSR count). The van der Waals surface area contributed by atoms with E-state index in [9.17, 15) is 0 Å². The summed E-state index contributed by atoms with van der Waals surface area (Å²) in [5.74, 6) is 1.70. The highest BCUT2D eigenvalue weighted by molar-refractivity contribution is 5.61. The Balaban J connectivity index is 1.78. The van der Waals surface area contributed by atoms with Crippen LogP contribution in [-0.2, 0) is 0 Å². The SMILES string of the molecule is Cc1nnc2c(NCC3(C)CCNCC3)nccn12. The Kier molecular flexibility index (Phi) is 3.10. The Morgan fingerprint density at radius 3 is 2.95 bits per heavy atom. The zero-order valence-electron chi connectivity index (χ0n) is 11.5. The summed E-state index contributed by atoms with van der Waals surface area (Å²) in [5.41, 5.74) is 1.13. The van der Waals surface area contributed by atoms with E-state index in [0.29, 0.717) is 5.41 Å². The molecule has 0 aliphatic carbocycles. The molecule has 102 valence electrons. The van der Waals surface area contributed by atoms with Crippen molar-refractivity contribution in [3.63, 3.8) is 0 Å². The first-order valence-corrected chi connectivity index (χ1v) is 6.79. The van der Waals surface area contributed by atoms with Crippen LogP contribution in [0.15, 0.2) is 12.4 Å². The summed E-state index contributed by atoms with van der Waals surface area (Å²) < 4.78 is 1.96. The third-order valence-electron chi connectivity index (χ3n) is 3.99. The summed E-state index contributed by atoms with van der Waals surface area (Å²) in [6.07, 6.45) is 6.06. The number of anilines is 1. The van der Waals surface area contributed by atoms with Crippen LogP contribution >= 0.6 is 0 Å². The van der Waals surface area contributed by atoms with E-state index in [1.165, 1.54) is 12.8 Å². The number of rotatable bonds is 3. The number of hydrogen-bond donors (Lipinski definition) is 2.